The highest BCUT2D eigenvalue weighted by Crippen LogP contribution is 2.31. The zero-order chi connectivity index (χ0) is 14.7. The molecule has 2 nitrogen and oxygen atoms in total. The lowest BCUT2D eigenvalue weighted by Gasteiger charge is -2.26. The van der Waals surface area contributed by atoms with Gasteiger partial charge in [0.2, 0.25) is 0 Å². The number of aliphatic imine (C=N–C) groups is 1. The van der Waals surface area contributed by atoms with E-state index in [1.807, 2.05) is 26.8 Å². The second-order valence-corrected chi connectivity index (χ2v) is 4.59. The lowest BCUT2D eigenvalue weighted by atomic mass is 9.99. The number of hydrogen-bond acceptors (Lipinski definition) is 2. The van der Waals surface area contributed by atoms with Gasteiger partial charge in [0.1, 0.15) is 0 Å². The van der Waals surface area contributed by atoms with Gasteiger partial charge in [-0.15, -0.1) is 0 Å². The third-order valence-electron chi connectivity index (χ3n) is 2.97. The number of nitrogens with zero attached hydrogens (tertiary/aromatic N) is 2. The minimum atomic E-state index is -2.65. The quantitative estimate of drug-likeness (QED) is 0.674. The molecule has 0 spiro atoms. The summed E-state index contributed by atoms with van der Waals surface area (Å²) in [5, 5.41) is 0. The summed E-state index contributed by atoms with van der Waals surface area (Å²) < 4.78 is 26.2. The zero-order valence-electron chi connectivity index (χ0n) is 11.9. The zero-order valence-corrected chi connectivity index (χ0v) is 11.9. The van der Waals surface area contributed by atoms with Gasteiger partial charge in [0, 0.05) is 11.4 Å². The van der Waals surface area contributed by atoms with Crippen molar-refractivity contribution >= 4 is 13.1 Å². The van der Waals surface area contributed by atoms with E-state index < -0.39 is 7.40 Å². The van der Waals surface area contributed by atoms with Gasteiger partial charge in [0.25, 0.3) is 0 Å². The topological polar surface area (TPSA) is 15.6 Å². The summed E-state index contributed by atoms with van der Waals surface area (Å²) in [6.07, 6.45) is 2.53. The van der Waals surface area contributed by atoms with Crippen molar-refractivity contribution in [1.82, 2.24) is 4.81 Å². The number of allylic oxidation sites excluding steroid dienone is 4. The Hall–Kier alpha value is -1.65. The molecule has 0 fully saturated rings. The average molecular weight is 264 g/mol. The Labute approximate surface area is 114 Å². The van der Waals surface area contributed by atoms with E-state index in [0.29, 0.717) is 6.42 Å². The minimum absolute atomic E-state index is 0.270. The molecule has 0 saturated carbocycles. The van der Waals surface area contributed by atoms with Crippen LogP contribution in [0.2, 0.25) is 0 Å². The Balaban J connectivity index is 3.25. The lowest BCUT2D eigenvalue weighted by Crippen LogP contribution is -2.30. The van der Waals surface area contributed by atoms with E-state index in [1.165, 1.54) is 0 Å². The summed E-state index contributed by atoms with van der Waals surface area (Å²) in [5.74, 6) is 0. The molecule has 0 saturated heterocycles. The summed E-state index contributed by atoms with van der Waals surface area (Å²) in [5.41, 5.74) is 3.88. The maximum atomic E-state index is 13.1. The second kappa shape index (κ2) is 6.00. The van der Waals surface area contributed by atoms with E-state index in [1.54, 1.807) is 6.92 Å². The van der Waals surface area contributed by atoms with Gasteiger partial charge in [-0.2, -0.15) is 0 Å². The lowest BCUT2D eigenvalue weighted by molar-refractivity contribution is 0.496. The summed E-state index contributed by atoms with van der Waals surface area (Å²) in [7, 11) is -2.65. The molecule has 102 valence electrons. The molecule has 1 rings (SSSR count). The Morgan fingerprint density at radius 1 is 1.37 bits per heavy atom. The van der Waals surface area contributed by atoms with Gasteiger partial charge in [0.15, 0.2) is 0 Å². The fourth-order valence-electron chi connectivity index (χ4n) is 2.15. The first kappa shape index (κ1) is 15.4. The Bertz CT molecular complexity index is 502. The summed E-state index contributed by atoms with van der Waals surface area (Å²) in [6, 6.07) is 0. The van der Waals surface area contributed by atoms with Gasteiger partial charge < -0.3 is 4.81 Å². The van der Waals surface area contributed by atoms with Crippen LogP contribution in [0.5, 0.6) is 0 Å². The molecular formula is C14H19BF2N2. The molecule has 0 atom stereocenters. The van der Waals surface area contributed by atoms with E-state index >= 15 is 0 Å². The van der Waals surface area contributed by atoms with Gasteiger partial charge in [-0.3, -0.25) is 13.6 Å². The second-order valence-electron chi connectivity index (χ2n) is 4.59. The normalized spacial score (nSPS) is 16.7. The number of rotatable bonds is 5. The number of halogens is 2. The van der Waals surface area contributed by atoms with E-state index in [9.17, 15) is 8.63 Å². The molecule has 1 aliphatic heterocycles. The third-order valence-corrected chi connectivity index (χ3v) is 2.97. The predicted molar refractivity (Wildman–Crippen MR) is 77.9 cm³/mol. The molecular weight excluding hydrogens is 245 g/mol. The van der Waals surface area contributed by atoms with Gasteiger partial charge in [-0.1, -0.05) is 20.1 Å². The van der Waals surface area contributed by atoms with Crippen LogP contribution in [-0.2, 0) is 0 Å². The Kier molecular flexibility index (Phi) is 4.87. The van der Waals surface area contributed by atoms with Crippen LogP contribution in [-0.4, -0.2) is 17.9 Å². The maximum Gasteiger partial charge on any atom is 0.677 e. The van der Waals surface area contributed by atoms with Crippen LogP contribution >= 0.6 is 0 Å². The monoisotopic (exact) mass is 264 g/mol. The molecule has 0 aromatic carbocycles. The van der Waals surface area contributed by atoms with Crippen molar-refractivity contribution in [2.75, 3.05) is 0 Å². The highest BCUT2D eigenvalue weighted by Gasteiger charge is 2.30. The molecule has 0 bridgehead atoms. The minimum Gasteiger partial charge on any atom is -0.331 e. The van der Waals surface area contributed by atoms with Crippen molar-refractivity contribution in [2.45, 2.75) is 34.1 Å². The fourth-order valence-corrected chi connectivity index (χ4v) is 2.15. The van der Waals surface area contributed by atoms with Gasteiger partial charge in [-0.05, 0) is 50.1 Å². The van der Waals surface area contributed by atoms with Crippen LogP contribution < -0.4 is 0 Å². The molecule has 1 aliphatic rings. The predicted octanol–water partition coefficient (Wildman–Crippen LogP) is 4.34. The Morgan fingerprint density at radius 3 is 2.26 bits per heavy atom. The molecule has 0 unspecified atom stereocenters. The summed E-state index contributed by atoms with van der Waals surface area (Å²) >= 11 is 0. The highest BCUT2D eigenvalue weighted by atomic mass is 19.2. The van der Waals surface area contributed by atoms with Crippen LogP contribution in [0.4, 0.5) is 8.63 Å². The molecule has 0 radical (unpaired) electrons. The largest absolute Gasteiger partial charge is 0.677 e. The van der Waals surface area contributed by atoms with Crippen molar-refractivity contribution in [2.24, 2.45) is 4.99 Å². The molecule has 1 heterocycles. The Morgan fingerprint density at radius 2 is 1.95 bits per heavy atom. The first-order valence-corrected chi connectivity index (χ1v) is 6.18. The van der Waals surface area contributed by atoms with Crippen molar-refractivity contribution in [3.8, 4) is 0 Å². The van der Waals surface area contributed by atoms with Crippen molar-refractivity contribution in [3.05, 3.63) is 47.5 Å². The van der Waals surface area contributed by atoms with E-state index in [4.69, 9.17) is 0 Å². The fraction of sp³-hybridized carbons (Fsp3) is 0.357. The van der Waals surface area contributed by atoms with E-state index in [2.05, 4.69) is 18.2 Å². The van der Waals surface area contributed by atoms with Gasteiger partial charge >= 0.3 is 7.40 Å². The number of hydrogen-bond donors (Lipinski definition) is 0. The van der Waals surface area contributed by atoms with Crippen molar-refractivity contribution in [3.63, 3.8) is 0 Å². The molecule has 0 N–H and O–H groups in total. The molecule has 0 aromatic heterocycles. The van der Waals surface area contributed by atoms with Crippen LogP contribution in [0.25, 0.3) is 0 Å². The molecule has 0 amide bonds. The van der Waals surface area contributed by atoms with E-state index in [0.717, 1.165) is 27.4 Å². The summed E-state index contributed by atoms with van der Waals surface area (Å²) in [6.45, 7) is 14.6. The first-order chi connectivity index (χ1) is 8.79. The smallest absolute Gasteiger partial charge is 0.331 e. The van der Waals surface area contributed by atoms with Crippen molar-refractivity contribution < 1.29 is 8.63 Å². The molecule has 5 heteroatoms. The average Bonchev–Trinajstić information content (AvgIpc) is 2.58. The van der Waals surface area contributed by atoms with E-state index in [-0.39, 0.29) is 11.4 Å². The SMILES string of the molecule is C=C(C)N(B(F)F)C(=C)/C(CC)=C1\N=C(C)C=C1C. The van der Waals surface area contributed by atoms with Crippen LogP contribution in [0.15, 0.2) is 52.5 Å². The van der Waals surface area contributed by atoms with Crippen LogP contribution in [0.1, 0.15) is 34.1 Å². The van der Waals surface area contributed by atoms with Gasteiger partial charge in [-0.25, -0.2) is 0 Å². The van der Waals surface area contributed by atoms with Crippen LogP contribution in [0.3, 0.4) is 0 Å². The summed E-state index contributed by atoms with van der Waals surface area (Å²) in [4.78, 5) is 5.25. The maximum absolute atomic E-state index is 13.1. The third kappa shape index (κ3) is 3.22. The van der Waals surface area contributed by atoms with Gasteiger partial charge in [0.05, 0.1) is 5.70 Å². The molecule has 0 aliphatic carbocycles. The highest BCUT2D eigenvalue weighted by molar-refractivity contribution is 6.40. The standard InChI is InChI=1S/C14H19BF2N2/c1-7-13(14-10(4)8-11(5)18-14)12(6)19(9(2)3)15(16)17/h8H,2,6-7H2,1,3-5H3/b14-13-. The van der Waals surface area contributed by atoms with Crippen molar-refractivity contribution in [1.29, 1.82) is 0 Å². The first-order valence-electron chi connectivity index (χ1n) is 6.18. The molecule has 0 aromatic rings. The van der Waals surface area contributed by atoms with Crippen LogP contribution in [0, 0.1) is 0 Å². The molecule has 19 heavy (non-hydrogen) atoms.